The lowest BCUT2D eigenvalue weighted by atomic mass is 10.2. The van der Waals surface area contributed by atoms with Gasteiger partial charge in [0.1, 0.15) is 17.5 Å². The van der Waals surface area contributed by atoms with E-state index in [1.807, 2.05) is 55.5 Å². The number of aromatic nitrogens is 2. The fourth-order valence-corrected chi connectivity index (χ4v) is 3.57. The lowest BCUT2D eigenvalue weighted by molar-refractivity contribution is 0.193. The van der Waals surface area contributed by atoms with Crippen LogP contribution in [0.5, 0.6) is 11.5 Å². The van der Waals surface area contributed by atoms with Crippen LogP contribution in [0, 0.1) is 0 Å². The number of hydrogen-bond donors (Lipinski definition) is 1. The van der Waals surface area contributed by atoms with Crippen LogP contribution in [0.25, 0.3) is 11.4 Å². The third-order valence-electron chi connectivity index (χ3n) is 5.00. The number of nitrogens with one attached hydrogen (secondary N) is 1. The highest BCUT2D eigenvalue weighted by molar-refractivity contribution is 5.89. The number of carbonyl (C=O) groups is 1. The van der Waals surface area contributed by atoms with E-state index in [1.165, 1.54) is 0 Å². The third kappa shape index (κ3) is 4.07. The van der Waals surface area contributed by atoms with Crippen LogP contribution < -0.4 is 14.8 Å². The van der Waals surface area contributed by atoms with Crippen molar-refractivity contribution in [3.8, 4) is 22.9 Å². The van der Waals surface area contributed by atoms with Gasteiger partial charge in [0, 0.05) is 12.2 Å². The number of likely N-dealkylation sites (tertiary alicyclic amines) is 1. The highest BCUT2D eigenvalue weighted by Crippen LogP contribution is 2.34. The molecule has 1 saturated heterocycles. The molecule has 0 radical (unpaired) electrons. The molecule has 1 aliphatic rings. The van der Waals surface area contributed by atoms with Crippen LogP contribution in [-0.2, 0) is 0 Å². The maximum atomic E-state index is 12.9. The minimum Gasteiger partial charge on any atom is -0.496 e. The van der Waals surface area contributed by atoms with E-state index in [1.54, 1.807) is 12.0 Å². The highest BCUT2D eigenvalue weighted by Gasteiger charge is 2.34. The van der Waals surface area contributed by atoms with Crippen molar-refractivity contribution in [2.45, 2.75) is 25.8 Å². The van der Waals surface area contributed by atoms with Gasteiger partial charge in [0.15, 0.2) is 0 Å². The Bertz CT molecular complexity index is 1000. The molecule has 0 aliphatic carbocycles. The molecule has 30 heavy (non-hydrogen) atoms. The van der Waals surface area contributed by atoms with E-state index < -0.39 is 0 Å². The maximum Gasteiger partial charge on any atom is 0.322 e. The number of carbonyl (C=O) groups excluding carboxylic acids is 1. The van der Waals surface area contributed by atoms with Crippen LogP contribution in [0.4, 0.5) is 10.5 Å². The van der Waals surface area contributed by atoms with E-state index in [4.69, 9.17) is 14.0 Å². The second kappa shape index (κ2) is 8.86. The summed E-state index contributed by atoms with van der Waals surface area (Å²) in [5.74, 6) is 2.31. The molecule has 1 atom stereocenters. The van der Waals surface area contributed by atoms with Crippen LogP contribution in [-0.4, -0.2) is 41.3 Å². The van der Waals surface area contributed by atoms with Crippen molar-refractivity contribution >= 4 is 11.7 Å². The number of rotatable bonds is 6. The fourth-order valence-electron chi connectivity index (χ4n) is 3.57. The molecule has 0 spiro atoms. The molecule has 8 nitrogen and oxygen atoms in total. The maximum absolute atomic E-state index is 12.9. The molecule has 156 valence electrons. The molecular weight excluding hydrogens is 384 g/mol. The normalized spacial score (nSPS) is 15.8. The summed E-state index contributed by atoms with van der Waals surface area (Å²) in [7, 11) is 1.60. The molecule has 2 heterocycles. The summed E-state index contributed by atoms with van der Waals surface area (Å²) in [6.45, 7) is 3.15. The number of amides is 2. The van der Waals surface area contributed by atoms with E-state index >= 15 is 0 Å². The zero-order chi connectivity index (χ0) is 20.9. The Kier molecular flexibility index (Phi) is 5.83. The van der Waals surface area contributed by atoms with Crippen LogP contribution in [0.2, 0.25) is 0 Å². The lowest BCUT2D eigenvalue weighted by Gasteiger charge is -2.22. The second-order valence-corrected chi connectivity index (χ2v) is 6.90. The Balaban J connectivity index is 1.48. The van der Waals surface area contributed by atoms with Gasteiger partial charge in [-0.2, -0.15) is 4.98 Å². The minimum atomic E-state index is -0.261. The summed E-state index contributed by atoms with van der Waals surface area (Å²) in [6.07, 6.45) is 1.64. The largest absolute Gasteiger partial charge is 0.496 e. The van der Waals surface area contributed by atoms with Gasteiger partial charge in [0.25, 0.3) is 0 Å². The first-order valence-corrected chi connectivity index (χ1v) is 9.97. The van der Waals surface area contributed by atoms with Crippen molar-refractivity contribution in [2.24, 2.45) is 0 Å². The van der Waals surface area contributed by atoms with Gasteiger partial charge in [-0.25, -0.2) is 4.79 Å². The summed E-state index contributed by atoms with van der Waals surface area (Å²) in [6, 6.07) is 14.3. The standard InChI is InChI=1S/C22H24N4O4/c1-3-29-16-12-10-15(11-13-16)23-22(27)26-14-6-8-18(26)21-24-20(25-30-21)17-7-4-5-9-19(17)28-2/h4-5,7,9-13,18H,3,6,8,14H2,1-2H3,(H,23,27)/t18-/m1/s1. The monoisotopic (exact) mass is 408 g/mol. The average Bonchev–Trinajstić information content (AvgIpc) is 3.45. The number of benzene rings is 2. The van der Waals surface area contributed by atoms with Crippen LogP contribution in [0.1, 0.15) is 31.7 Å². The van der Waals surface area contributed by atoms with Gasteiger partial charge in [-0.15, -0.1) is 0 Å². The number of para-hydroxylation sites is 1. The lowest BCUT2D eigenvalue weighted by Crippen LogP contribution is -2.34. The number of nitrogens with zero attached hydrogens (tertiary/aromatic N) is 3. The van der Waals surface area contributed by atoms with Crippen LogP contribution >= 0.6 is 0 Å². The number of methoxy groups -OCH3 is 1. The first kappa shape index (κ1) is 19.8. The zero-order valence-electron chi connectivity index (χ0n) is 17.0. The van der Waals surface area contributed by atoms with E-state index in [9.17, 15) is 4.79 Å². The van der Waals surface area contributed by atoms with Gasteiger partial charge < -0.3 is 24.2 Å². The number of hydrogen-bond acceptors (Lipinski definition) is 6. The predicted octanol–water partition coefficient (Wildman–Crippen LogP) is 4.51. The van der Waals surface area contributed by atoms with Gasteiger partial charge in [-0.3, -0.25) is 0 Å². The van der Waals surface area contributed by atoms with Crippen LogP contribution in [0.3, 0.4) is 0 Å². The van der Waals surface area contributed by atoms with Crippen molar-refractivity contribution in [3.05, 3.63) is 54.4 Å². The van der Waals surface area contributed by atoms with Gasteiger partial charge in [-0.1, -0.05) is 17.3 Å². The summed E-state index contributed by atoms with van der Waals surface area (Å²) >= 11 is 0. The summed E-state index contributed by atoms with van der Waals surface area (Å²) < 4.78 is 16.3. The van der Waals surface area contributed by atoms with E-state index in [0.717, 1.165) is 24.2 Å². The Labute approximate surface area is 174 Å². The topological polar surface area (TPSA) is 89.7 Å². The average molecular weight is 408 g/mol. The molecule has 1 aromatic heterocycles. The molecule has 0 unspecified atom stereocenters. The van der Waals surface area contributed by atoms with E-state index in [0.29, 0.717) is 36.3 Å². The fraction of sp³-hybridized carbons (Fsp3) is 0.318. The van der Waals surface area contributed by atoms with Crippen molar-refractivity contribution in [3.63, 3.8) is 0 Å². The summed E-state index contributed by atoms with van der Waals surface area (Å²) in [5.41, 5.74) is 1.45. The second-order valence-electron chi connectivity index (χ2n) is 6.90. The highest BCUT2D eigenvalue weighted by atomic mass is 16.5. The molecule has 8 heteroatoms. The number of anilines is 1. The first-order chi connectivity index (χ1) is 14.7. The van der Waals surface area contributed by atoms with Gasteiger partial charge in [0.2, 0.25) is 11.7 Å². The SMILES string of the molecule is CCOc1ccc(NC(=O)N2CCC[C@@H]2c2nc(-c3ccccc3OC)no2)cc1. The summed E-state index contributed by atoms with van der Waals surface area (Å²) in [4.78, 5) is 19.1. The number of ether oxygens (including phenoxy) is 2. The summed E-state index contributed by atoms with van der Waals surface area (Å²) in [5, 5.41) is 7.04. The first-order valence-electron chi connectivity index (χ1n) is 9.97. The quantitative estimate of drug-likeness (QED) is 0.645. The predicted molar refractivity (Wildman–Crippen MR) is 112 cm³/mol. The molecule has 0 bridgehead atoms. The molecule has 1 aliphatic heterocycles. The van der Waals surface area contributed by atoms with Gasteiger partial charge in [0.05, 0.1) is 19.3 Å². The molecular formula is C22H24N4O4. The Morgan fingerprint density at radius 2 is 2.03 bits per heavy atom. The zero-order valence-corrected chi connectivity index (χ0v) is 17.0. The molecule has 1 N–H and O–H groups in total. The van der Waals surface area contributed by atoms with Gasteiger partial charge >= 0.3 is 6.03 Å². The van der Waals surface area contributed by atoms with Crippen molar-refractivity contribution in [2.75, 3.05) is 25.6 Å². The molecule has 1 fully saturated rings. The van der Waals surface area contributed by atoms with Crippen molar-refractivity contribution in [1.29, 1.82) is 0 Å². The Hall–Kier alpha value is -3.55. The Morgan fingerprint density at radius 3 is 2.80 bits per heavy atom. The molecule has 2 aromatic carbocycles. The van der Waals surface area contributed by atoms with E-state index in [2.05, 4.69) is 15.5 Å². The molecule has 2 amide bonds. The van der Waals surface area contributed by atoms with Crippen molar-refractivity contribution in [1.82, 2.24) is 15.0 Å². The molecule has 3 aromatic rings. The van der Waals surface area contributed by atoms with Crippen LogP contribution in [0.15, 0.2) is 53.1 Å². The Morgan fingerprint density at radius 1 is 1.23 bits per heavy atom. The van der Waals surface area contributed by atoms with Gasteiger partial charge in [-0.05, 0) is 56.2 Å². The third-order valence-corrected chi connectivity index (χ3v) is 5.00. The van der Waals surface area contributed by atoms with Crippen molar-refractivity contribution < 1.29 is 18.8 Å². The minimum absolute atomic E-state index is 0.196. The molecule has 4 rings (SSSR count). The smallest absolute Gasteiger partial charge is 0.322 e. The van der Waals surface area contributed by atoms with E-state index in [-0.39, 0.29) is 12.1 Å². The number of urea groups is 1. The molecule has 0 saturated carbocycles.